The van der Waals surface area contributed by atoms with Crippen molar-refractivity contribution in [2.75, 3.05) is 33.4 Å². The van der Waals surface area contributed by atoms with Crippen molar-refractivity contribution in [2.24, 2.45) is 0 Å². The van der Waals surface area contributed by atoms with Crippen molar-refractivity contribution < 1.29 is 23.2 Å². The Bertz CT molecular complexity index is 1180. The van der Waals surface area contributed by atoms with E-state index in [0.717, 1.165) is 24.0 Å². The summed E-state index contributed by atoms with van der Waals surface area (Å²) in [5.74, 6) is 0.351. The Hall–Kier alpha value is -2.55. The van der Waals surface area contributed by atoms with Crippen LogP contribution in [-0.2, 0) is 27.8 Å². The second-order valence-corrected chi connectivity index (χ2v) is 8.91. The van der Waals surface area contributed by atoms with Crippen LogP contribution in [0.1, 0.15) is 11.1 Å². The standard InChI is InChI=1S/C22H21FN2O4S/c1-28-18-9-13-8-14-12-30(27)19-3-2-15(23)10-16(19)21(14)24-20(13)17(22(18)26)11-25-4-6-29-7-5-25/h2-3,8-10,26H,4-7,11-12H2,1H3. The lowest BCUT2D eigenvalue weighted by molar-refractivity contribution is 0.0340. The van der Waals surface area contributed by atoms with Gasteiger partial charge in [-0.15, -0.1) is 0 Å². The molecule has 0 spiro atoms. The first-order chi connectivity index (χ1) is 14.5. The van der Waals surface area contributed by atoms with Gasteiger partial charge in [-0.05, 0) is 35.9 Å². The number of pyridine rings is 1. The Morgan fingerprint density at radius 1 is 1.27 bits per heavy atom. The zero-order chi connectivity index (χ0) is 20.8. The van der Waals surface area contributed by atoms with Gasteiger partial charge in [-0.25, -0.2) is 9.37 Å². The highest BCUT2D eigenvalue weighted by molar-refractivity contribution is 7.84. The summed E-state index contributed by atoms with van der Waals surface area (Å²) >= 11 is 0. The van der Waals surface area contributed by atoms with Gasteiger partial charge in [-0.3, -0.25) is 9.11 Å². The molecular formula is C22H21FN2O4S. The quantitative estimate of drug-likeness (QED) is 0.691. The third-order valence-electron chi connectivity index (χ3n) is 5.66. The minimum absolute atomic E-state index is 0.0581. The molecule has 3 heterocycles. The van der Waals surface area contributed by atoms with E-state index in [1.165, 1.54) is 19.2 Å². The molecule has 0 radical (unpaired) electrons. The molecule has 0 amide bonds. The van der Waals surface area contributed by atoms with E-state index >= 15 is 0 Å². The number of benzene rings is 2. The Morgan fingerprint density at radius 2 is 2.07 bits per heavy atom. The number of methoxy groups -OCH3 is 1. The van der Waals surface area contributed by atoms with E-state index in [-0.39, 0.29) is 5.75 Å². The first kappa shape index (κ1) is 19.4. The van der Waals surface area contributed by atoms with E-state index in [1.54, 1.807) is 12.1 Å². The summed E-state index contributed by atoms with van der Waals surface area (Å²) in [6.45, 7) is 3.30. The minimum Gasteiger partial charge on any atom is -0.504 e. The fraction of sp³-hybridized carbons (Fsp3) is 0.318. The van der Waals surface area contributed by atoms with Gasteiger partial charge in [0.25, 0.3) is 0 Å². The smallest absolute Gasteiger partial charge is 0.164 e. The van der Waals surface area contributed by atoms with Crippen molar-refractivity contribution in [3.63, 3.8) is 0 Å². The zero-order valence-corrected chi connectivity index (χ0v) is 17.3. The van der Waals surface area contributed by atoms with E-state index in [2.05, 4.69) is 4.90 Å². The number of nitrogens with zero attached hydrogens (tertiary/aromatic N) is 2. The normalized spacial score (nSPS) is 18.8. The zero-order valence-electron chi connectivity index (χ0n) is 16.5. The second kappa shape index (κ2) is 7.61. The highest BCUT2D eigenvalue weighted by Gasteiger charge is 2.26. The van der Waals surface area contributed by atoms with E-state index in [1.807, 2.05) is 6.07 Å². The molecule has 8 heteroatoms. The topological polar surface area (TPSA) is 71.9 Å². The molecule has 156 valence electrons. The van der Waals surface area contributed by atoms with Crippen LogP contribution in [0.4, 0.5) is 4.39 Å². The van der Waals surface area contributed by atoms with Crippen molar-refractivity contribution in [1.82, 2.24) is 9.88 Å². The average Bonchev–Trinajstić information content (AvgIpc) is 2.75. The highest BCUT2D eigenvalue weighted by Crippen LogP contribution is 2.41. The molecule has 6 nitrogen and oxygen atoms in total. The number of hydrogen-bond donors (Lipinski definition) is 1. The van der Waals surface area contributed by atoms with Crippen molar-refractivity contribution in [1.29, 1.82) is 0 Å². The molecule has 1 saturated heterocycles. The average molecular weight is 428 g/mol. The third kappa shape index (κ3) is 3.25. The van der Waals surface area contributed by atoms with Crippen molar-refractivity contribution in [3.8, 4) is 22.8 Å². The van der Waals surface area contributed by atoms with Gasteiger partial charge in [0.05, 0.1) is 48.1 Å². The summed E-state index contributed by atoms with van der Waals surface area (Å²) < 4.78 is 37.5. The maximum Gasteiger partial charge on any atom is 0.164 e. The summed E-state index contributed by atoms with van der Waals surface area (Å²) in [5, 5.41) is 11.7. The lowest BCUT2D eigenvalue weighted by Gasteiger charge is -2.28. The summed E-state index contributed by atoms with van der Waals surface area (Å²) in [6, 6.07) is 7.94. The van der Waals surface area contributed by atoms with Gasteiger partial charge in [0.15, 0.2) is 11.5 Å². The number of phenolic OH excluding ortho intramolecular Hbond substituents is 1. The molecule has 5 rings (SSSR count). The van der Waals surface area contributed by atoms with Gasteiger partial charge in [0, 0.05) is 41.0 Å². The Labute approximate surface area is 175 Å². The van der Waals surface area contributed by atoms with E-state index in [0.29, 0.717) is 58.5 Å². The van der Waals surface area contributed by atoms with Gasteiger partial charge in [0.2, 0.25) is 0 Å². The molecule has 3 aromatic rings. The number of aromatic hydroxyl groups is 1. The third-order valence-corrected chi connectivity index (χ3v) is 7.08. The van der Waals surface area contributed by atoms with Crippen LogP contribution in [0.25, 0.3) is 22.2 Å². The first-order valence-electron chi connectivity index (χ1n) is 9.76. The molecule has 0 saturated carbocycles. The molecule has 1 unspecified atom stereocenters. The summed E-state index contributed by atoms with van der Waals surface area (Å²) in [7, 11) is 0.254. The molecule has 2 aliphatic heterocycles. The van der Waals surface area contributed by atoms with Crippen LogP contribution in [0.15, 0.2) is 35.2 Å². The molecule has 0 aliphatic carbocycles. The molecular weight excluding hydrogens is 407 g/mol. The molecule has 1 N–H and O–H groups in total. The lowest BCUT2D eigenvalue weighted by Crippen LogP contribution is -2.35. The van der Waals surface area contributed by atoms with E-state index < -0.39 is 16.6 Å². The van der Waals surface area contributed by atoms with Crippen LogP contribution >= 0.6 is 0 Å². The predicted octanol–water partition coefficient (Wildman–Crippen LogP) is 3.21. The number of morpholine rings is 1. The number of rotatable bonds is 3. The van der Waals surface area contributed by atoms with E-state index in [9.17, 15) is 13.7 Å². The van der Waals surface area contributed by atoms with Crippen LogP contribution in [-0.4, -0.2) is 52.6 Å². The lowest BCUT2D eigenvalue weighted by atomic mass is 10.0. The molecule has 1 fully saturated rings. The number of fused-ring (bicyclic) bond motifs is 4. The Kier molecular flexibility index (Phi) is 4.92. The Morgan fingerprint density at radius 3 is 2.83 bits per heavy atom. The molecule has 0 bridgehead atoms. The SMILES string of the molecule is COc1cc2cc3c(nc2c(CN2CCOCC2)c1O)-c1cc(F)ccc1S(=O)C3. The van der Waals surface area contributed by atoms with Gasteiger partial charge in [-0.1, -0.05) is 0 Å². The van der Waals surface area contributed by atoms with Gasteiger partial charge >= 0.3 is 0 Å². The summed E-state index contributed by atoms with van der Waals surface area (Å²) in [6.07, 6.45) is 0. The van der Waals surface area contributed by atoms with E-state index in [4.69, 9.17) is 14.5 Å². The Balaban J connectivity index is 1.72. The molecule has 30 heavy (non-hydrogen) atoms. The summed E-state index contributed by atoms with van der Waals surface area (Å²) in [4.78, 5) is 7.64. The fourth-order valence-electron chi connectivity index (χ4n) is 4.13. The highest BCUT2D eigenvalue weighted by atomic mass is 32.2. The van der Waals surface area contributed by atoms with Crippen molar-refractivity contribution >= 4 is 21.7 Å². The molecule has 1 aromatic heterocycles. The number of phenols is 1. The van der Waals surface area contributed by atoms with Crippen LogP contribution in [0.2, 0.25) is 0 Å². The number of aromatic nitrogens is 1. The first-order valence-corrected chi connectivity index (χ1v) is 11.1. The monoisotopic (exact) mass is 428 g/mol. The fourth-order valence-corrected chi connectivity index (χ4v) is 5.41. The molecule has 2 aliphatic rings. The predicted molar refractivity (Wildman–Crippen MR) is 112 cm³/mol. The maximum atomic E-state index is 14.0. The van der Waals surface area contributed by atoms with Gasteiger partial charge in [0.1, 0.15) is 5.82 Å². The van der Waals surface area contributed by atoms with Crippen LogP contribution in [0, 0.1) is 5.82 Å². The second-order valence-electron chi connectivity index (χ2n) is 7.49. The van der Waals surface area contributed by atoms with Gasteiger partial charge in [-0.2, -0.15) is 0 Å². The van der Waals surface area contributed by atoms with Gasteiger partial charge < -0.3 is 14.6 Å². The molecule has 1 atom stereocenters. The number of halogens is 1. The minimum atomic E-state index is -1.26. The van der Waals surface area contributed by atoms with Crippen LogP contribution < -0.4 is 4.74 Å². The maximum absolute atomic E-state index is 14.0. The van der Waals surface area contributed by atoms with Crippen molar-refractivity contribution in [2.45, 2.75) is 17.2 Å². The van der Waals surface area contributed by atoms with Crippen molar-refractivity contribution in [3.05, 3.63) is 47.3 Å². The molecule has 2 aromatic carbocycles. The van der Waals surface area contributed by atoms with Crippen LogP contribution in [0.3, 0.4) is 0 Å². The largest absolute Gasteiger partial charge is 0.504 e. The number of hydrogen-bond acceptors (Lipinski definition) is 6. The summed E-state index contributed by atoms with van der Waals surface area (Å²) in [5.41, 5.74) is 3.26. The van der Waals surface area contributed by atoms with Crippen LogP contribution in [0.5, 0.6) is 11.5 Å². The number of ether oxygens (including phenoxy) is 2.